The van der Waals surface area contributed by atoms with Gasteiger partial charge >= 0.3 is 11.9 Å². The van der Waals surface area contributed by atoms with Gasteiger partial charge in [0.25, 0.3) is 0 Å². The molecule has 4 N–H and O–H groups in total. The molecular weight excluding hydrogens is 447 g/mol. The maximum Gasteiger partial charge on any atom is 0.353 e. The largest absolute Gasteiger partial charge is 0.480 e. The van der Waals surface area contributed by atoms with Crippen molar-refractivity contribution in [1.29, 1.82) is 5.41 Å². The van der Waals surface area contributed by atoms with Gasteiger partial charge in [0, 0.05) is 16.5 Å². The molecule has 166 valence electrons. The highest BCUT2D eigenvalue weighted by molar-refractivity contribution is 7.93. The zero-order valence-electron chi connectivity index (χ0n) is 16.7. The topological polar surface area (TPSA) is 137 Å². The number of benzene rings is 1. The number of nitrogens with one attached hydrogen (secondary N) is 2. The molecule has 11 heteroatoms. The zero-order chi connectivity index (χ0) is 23.1. The van der Waals surface area contributed by atoms with E-state index in [1.807, 2.05) is 0 Å². The van der Waals surface area contributed by atoms with Crippen molar-refractivity contribution in [2.75, 3.05) is 5.75 Å². The molecule has 0 saturated heterocycles. The van der Waals surface area contributed by atoms with E-state index in [-0.39, 0.29) is 28.5 Å². The fourth-order valence-corrected chi connectivity index (χ4v) is 3.91. The van der Waals surface area contributed by atoms with Crippen molar-refractivity contribution in [2.45, 2.75) is 26.3 Å². The monoisotopic (exact) mass is 468 g/mol. The van der Waals surface area contributed by atoms with E-state index in [9.17, 15) is 18.8 Å². The Kier molecular flexibility index (Phi) is 8.72. The molecule has 1 aromatic heterocycles. The average Bonchev–Trinajstić information content (AvgIpc) is 3.17. The van der Waals surface area contributed by atoms with Gasteiger partial charge in [-0.1, -0.05) is 6.92 Å². The molecule has 0 fully saturated rings. The minimum atomic E-state index is -1.25. The fraction of sp³-hybridized carbons (Fsp3) is 0.300. The lowest BCUT2D eigenvalue weighted by molar-refractivity contribution is -0.141. The van der Waals surface area contributed by atoms with Crippen LogP contribution in [0.2, 0.25) is 0 Å². The fourth-order valence-electron chi connectivity index (χ4n) is 2.52. The van der Waals surface area contributed by atoms with Gasteiger partial charge in [-0.3, -0.25) is 4.79 Å². The summed E-state index contributed by atoms with van der Waals surface area (Å²) < 4.78 is 28.0. The molecule has 1 heterocycles. The summed E-state index contributed by atoms with van der Waals surface area (Å²) in [6.45, 7) is 3.13. The van der Waals surface area contributed by atoms with Gasteiger partial charge in [0.05, 0.1) is 5.75 Å². The number of hydrogen-bond acceptors (Lipinski definition) is 8. The highest BCUT2D eigenvalue weighted by Gasteiger charge is 2.24. The molecule has 0 aliphatic heterocycles. The number of carbonyl (C=O) groups is 3. The Bertz CT molecular complexity index is 994. The van der Waals surface area contributed by atoms with E-state index in [1.54, 1.807) is 13.0 Å². The lowest BCUT2D eigenvalue weighted by Crippen LogP contribution is -2.45. The third-order valence-corrected chi connectivity index (χ3v) is 5.81. The molecule has 0 radical (unpaired) electrons. The molecule has 1 unspecified atom stereocenters. The lowest BCUT2D eigenvalue weighted by Gasteiger charge is -2.16. The van der Waals surface area contributed by atoms with E-state index in [2.05, 4.69) is 5.32 Å². The maximum atomic E-state index is 14.1. The van der Waals surface area contributed by atoms with Crippen LogP contribution < -0.4 is 10.1 Å². The minimum absolute atomic E-state index is 0.181. The molecule has 1 aromatic carbocycles. The first-order valence-corrected chi connectivity index (χ1v) is 10.8. The van der Waals surface area contributed by atoms with Gasteiger partial charge in [-0.25, -0.2) is 14.0 Å². The Morgan fingerprint density at radius 1 is 1.29 bits per heavy atom. The summed E-state index contributed by atoms with van der Waals surface area (Å²) in [6.07, 6.45) is 0.254. The average molecular weight is 469 g/mol. The first kappa shape index (κ1) is 24.5. The van der Waals surface area contributed by atoms with E-state index in [1.165, 1.54) is 25.1 Å². The Morgan fingerprint density at radius 2 is 2.00 bits per heavy atom. The Morgan fingerprint density at radius 3 is 2.58 bits per heavy atom. The standard InChI is InChI=1S/C20H21FN2O6S2/c1-10(18(24)23-15(9-30-28)19(25)26)7-13-4-6-17(31-13)20(27)29-16-5-3-12(11(2)22)8-14(16)21/h3-6,8,10,15,22,28H,7,9H2,1-2H3,(H,23,24)(H,25,26)/t10?,15-/m0/s1. The summed E-state index contributed by atoms with van der Waals surface area (Å²) in [5.74, 6) is -4.27. The van der Waals surface area contributed by atoms with Crippen molar-refractivity contribution in [3.63, 3.8) is 0 Å². The van der Waals surface area contributed by atoms with Gasteiger partial charge in [-0.15, -0.1) is 11.3 Å². The van der Waals surface area contributed by atoms with Crippen molar-refractivity contribution in [1.82, 2.24) is 5.32 Å². The number of carboxylic acids is 1. The summed E-state index contributed by atoms with van der Waals surface area (Å²) in [4.78, 5) is 36.5. The normalized spacial score (nSPS) is 12.6. The molecule has 0 aliphatic rings. The molecule has 1 amide bonds. The number of rotatable bonds is 10. The summed E-state index contributed by atoms with van der Waals surface area (Å²) in [5.41, 5.74) is 0.563. The predicted molar refractivity (Wildman–Crippen MR) is 116 cm³/mol. The summed E-state index contributed by atoms with van der Waals surface area (Å²) in [7, 11) is 0. The van der Waals surface area contributed by atoms with Crippen molar-refractivity contribution in [3.8, 4) is 5.75 Å². The Balaban J connectivity index is 1.99. The van der Waals surface area contributed by atoms with Crippen LogP contribution in [-0.2, 0) is 16.0 Å². The Hall–Kier alpha value is -2.76. The van der Waals surface area contributed by atoms with Crippen LogP contribution in [0.5, 0.6) is 5.75 Å². The number of esters is 1. The number of amides is 1. The van der Waals surface area contributed by atoms with Gasteiger partial charge < -0.3 is 25.1 Å². The molecule has 31 heavy (non-hydrogen) atoms. The SMILES string of the molecule is CC(=N)c1ccc(OC(=O)c2ccc(CC(C)C(=O)N[C@@H](CSO)C(=O)O)s2)c(F)c1. The van der Waals surface area contributed by atoms with Gasteiger partial charge in [0.15, 0.2) is 11.6 Å². The highest BCUT2D eigenvalue weighted by atomic mass is 32.2. The third-order valence-electron chi connectivity index (χ3n) is 4.24. The smallest absolute Gasteiger partial charge is 0.353 e. The molecule has 0 aliphatic carbocycles. The first-order valence-electron chi connectivity index (χ1n) is 9.07. The molecule has 2 atom stereocenters. The second-order valence-corrected chi connectivity index (χ2v) is 8.49. The lowest BCUT2D eigenvalue weighted by atomic mass is 10.1. The molecule has 2 rings (SSSR count). The number of ether oxygens (including phenoxy) is 1. The van der Waals surface area contributed by atoms with Gasteiger partial charge in [-0.2, -0.15) is 0 Å². The summed E-state index contributed by atoms with van der Waals surface area (Å²) in [6, 6.07) is 5.81. The van der Waals surface area contributed by atoms with Crippen molar-refractivity contribution < 1.29 is 33.2 Å². The van der Waals surface area contributed by atoms with Crippen LogP contribution in [0.1, 0.15) is 34.0 Å². The van der Waals surface area contributed by atoms with Crippen molar-refractivity contribution in [2.24, 2.45) is 5.92 Å². The Labute approximate surface area is 186 Å². The van der Waals surface area contributed by atoms with Crippen LogP contribution >= 0.6 is 23.4 Å². The summed E-state index contributed by atoms with van der Waals surface area (Å²) >= 11 is 1.41. The third kappa shape index (κ3) is 6.88. The van der Waals surface area contributed by atoms with E-state index in [4.69, 9.17) is 19.8 Å². The number of thiophene rings is 1. The predicted octanol–water partition coefficient (Wildman–Crippen LogP) is 3.45. The van der Waals surface area contributed by atoms with Crippen LogP contribution in [0.4, 0.5) is 4.39 Å². The first-order chi connectivity index (χ1) is 14.6. The molecule has 0 saturated carbocycles. The quantitative estimate of drug-likeness (QED) is 0.181. The van der Waals surface area contributed by atoms with E-state index in [0.29, 0.717) is 22.5 Å². The van der Waals surface area contributed by atoms with E-state index >= 15 is 0 Å². The minimum Gasteiger partial charge on any atom is -0.480 e. The van der Waals surface area contributed by atoms with Crippen LogP contribution in [0.25, 0.3) is 0 Å². The number of aliphatic carboxylic acids is 1. The van der Waals surface area contributed by atoms with Crippen LogP contribution in [0, 0.1) is 17.1 Å². The second-order valence-electron chi connectivity index (χ2n) is 6.73. The van der Waals surface area contributed by atoms with Gasteiger partial charge in [-0.05, 0) is 61.3 Å². The van der Waals surface area contributed by atoms with Gasteiger partial charge in [0.2, 0.25) is 5.91 Å². The highest BCUT2D eigenvalue weighted by Crippen LogP contribution is 2.24. The number of halogens is 1. The number of hydrogen-bond donors (Lipinski definition) is 4. The zero-order valence-corrected chi connectivity index (χ0v) is 18.3. The molecule has 0 bridgehead atoms. The number of carbonyl (C=O) groups excluding carboxylic acids is 2. The van der Waals surface area contributed by atoms with E-state index < -0.39 is 35.6 Å². The summed E-state index contributed by atoms with van der Waals surface area (Å²) in [5, 5.41) is 18.9. The molecule has 0 spiro atoms. The van der Waals surface area contributed by atoms with Gasteiger partial charge in [0.1, 0.15) is 10.9 Å². The molecular formula is C20H21FN2O6S2. The van der Waals surface area contributed by atoms with Crippen LogP contribution in [-0.4, -0.2) is 45.0 Å². The van der Waals surface area contributed by atoms with E-state index in [0.717, 1.165) is 17.4 Å². The van der Waals surface area contributed by atoms with Crippen LogP contribution in [0.15, 0.2) is 30.3 Å². The number of carboxylic acid groups (broad SMARTS) is 1. The van der Waals surface area contributed by atoms with Crippen LogP contribution in [0.3, 0.4) is 0 Å². The van der Waals surface area contributed by atoms with Crippen molar-refractivity contribution >= 4 is 46.9 Å². The molecule has 8 nitrogen and oxygen atoms in total. The maximum absolute atomic E-state index is 14.1. The second kappa shape index (κ2) is 11.0. The molecule has 2 aromatic rings. The van der Waals surface area contributed by atoms with Crippen molar-refractivity contribution in [3.05, 3.63) is 51.5 Å².